The third-order valence-electron chi connectivity index (χ3n) is 4.38. The van der Waals surface area contributed by atoms with Gasteiger partial charge in [0.25, 0.3) is 5.89 Å². The van der Waals surface area contributed by atoms with Gasteiger partial charge in [0.05, 0.1) is 13.5 Å². The fourth-order valence-corrected chi connectivity index (χ4v) is 2.96. The van der Waals surface area contributed by atoms with Gasteiger partial charge in [0.15, 0.2) is 6.61 Å². The Morgan fingerprint density at radius 3 is 2.57 bits per heavy atom. The van der Waals surface area contributed by atoms with Gasteiger partial charge in [-0.1, -0.05) is 42.5 Å². The highest BCUT2D eigenvalue weighted by Crippen LogP contribution is 2.22. The standard InChI is InChI=1S/C22H18N2O4/c1-26-18-11-9-16(10-12-18)22-24-23-20(28-22)14-27-21(25)13-17-7-4-6-15-5-2-3-8-19(15)17/h2-12H,13-14H2,1H3. The van der Waals surface area contributed by atoms with Crippen molar-refractivity contribution in [2.45, 2.75) is 13.0 Å². The SMILES string of the molecule is COc1ccc(-c2nnc(COC(=O)Cc3cccc4ccccc34)o2)cc1. The third kappa shape index (κ3) is 3.86. The van der Waals surface area contributed by atoms with Gasteiger partial charge >= 0.3 is 5.97 Å². The van der Waals surface area contributed by atoms with Crippen molar-refractivity contribution in [3.8, 4) is 17.2 Å². The summed E-state index contributed by atoms with van der Waals surface area (Å²) in [5.41, 5.74) is 1.69. The molecule has 1 heterocycles. The number of rotatable bonds is 6. The maximum atomic E-state index is 12.3. The molecule has 0 radical (unpaired) electrons. The lowest BCUT2D eigenvalue weighted by Gasteiger charge is -2.06. The van der Waals surface area contributed by atoms with Gasteiger partial charge in [-0.3, -0.25) is 4.79 Å². The number of hydrogen-bond donors (Lipinski definition) is 0. The van der Waals surface area contributed by atoms with Gasteiger partial charge in [-0.2, -0.15) is 0 Å². The zero-order valence-electron chi connectivity index (χ0n) is 15.3. The van der Waals surface area contributed by atoms with Crippen LogP contribution in [-0.2, 0) is 22.6 Å². The number of methoxy groups -OCH3 is 1. The van der Waals surface area contributed by atoms with E-state index in [0.29, 0.717) is 5.89 Å². The Labute approximate surface area is 161 Å². The van der Waals surface area contributed by atoms with Crippen LogP contribution in [0.25, 0.3) is 22.2 Å². The number of hydrogen-bond acceptors (Lipinski definition) is 6. The van der Waals surface area contributed by atoms with Crippen LogP contribution >= 0.6 is 0 Å². The molecule has 0 fully saturated rings. The lowest BCUT2D eigenvalue weighted by atomic mass is 10.0. The molecular weight excluding hydrogens is 356 g/mol. The lowest BCUT2D eigenvalue weighted by Crippen LogP contribution is -2.08. The monoisotopic (exact) mass is 374 g/mol. The Morgan fingerprint density at radius 1 is 0.964 bits per heavy atom. The molecule has 0 unspecified atom stereocenters. The lowest BCUT2D eigenvalue weighted by molar-refractivity contribution is -0.144. The van der Waals surface area contributed by atoms with Crippen LogP contribution in [0.1, 0.15) is 11.5 Å². The summed E-state index contributed by atoms with van der Waals surface area (Å²) in [4.78, 5) is 12.3. The first-order valence-corrected chi connectivity index (χ1v) is 8.82. The summed E-state index contributed by atoms with van der Waals surface area (Å²) in [7, 11) is 1.60. The molecule has 0 saturated heterocycles. The molecule has 0 aliphatic rings. The molecule has 6 nitrogen and oxygen atoms in total. The molecule has 0 saturated carbocycles. The summed E-state index contributed by atoms with van der Waals surface area (Å²) in [5.74, 6) is 1.01. The van der Waals surface area contributed by atoms with E-state index in [1.54, 1.807) is 7.11 Å². The molecule has 0 spiro atoms. The van der Waals surface area contributed by atoms with E-state index in [4.69, 9.17) is 13.9 Å². The van der Waals surface area contributed by atoms with E-state index < -0.39 is 0 Å². The van der Waals surface area contributed by atoms with Gasteiger partial charge in [-0.15, -0.1) is 10.2 Å². The summed E-state index contributed by atoms with van der Waals surface area (Å²) in [6.07, 6.45) is 0.181. The Balaban J connectivity index is 1.39. The van der Waals surface area contributed by atoms with Crippen LogP contribution in [0.4, 0.5) is 0 Å². The number of ether oxygens (including phenoxy) is 2. The topological polar surface area (TPSA) is 74.5 Å². The molecule has 4 rings (SSSR count). The Kier molecular flexibility index (Phi) is 5.01. The van der Waals surface area contributed by atoms with Crippen molar-refractivity contribution in [1.82, 2.24) is 10.2 Å². The van der Waals surface area contributed by atoms with Gasteiger partial charge in [0, 0.05) is 5.56 Å². The Morgan fingerprint density at radius 2 is 1.75 bits per heavy atom. The summed E-state index contributed by atoms with van der Waals surface area (Å²) in [5, 5.41) is 10.1. The van der Waals surface area contributed by atoms with Crippen molar-refractivity contribution in [3.63, 3.8) is 0 Å². The van der Waals surface area contributed by atoms with Crippen LogP contribution in [0.15, 0.2) is 71.1 Å². The summed E-state index contributed by atoms with van der Waals surface area (Å²) in [6, 6.07) is 21.1. The fourth-order valence-electron chi connectivity index (χ4n) is 2.96. The van der Waals surface area contributed by atoms with Crippen LogP contribution in [-0.4, -0.2) is 23.3 Å². The van der Waals surface area contributed by atoms with E-state index in [2.05, 4.69) is 10.2 Å². The molecular formula is C22H18N2O4. The molecule has 0 N–H and O–H groups in total. The number of aromatic nitrogens is 2. The molecule has 0 atom stereocenters. The van der Waals surface area contributed by atoms with Crippen LogP contribution in [0.5, 0.6) is 5.75 Å². The van der Waals surface area contributed by atoms with Gasteiger partial charge in [-0.25, -0.2) is 0 Å². The molecule has 0 aliphatic carbocycles. The van der Waals surface area contributed by atoms with E-state index in [9.17, 15) is 4.79 Å². The molecule has 3 aromatic carbocycles. The maximum Gasteiger partial charge on any atom is 0.310 e. The van der Waals surface area contributed by atoms with Crippen molar-refractivity contribution in [1.29, 1.82) is 0 Å². The van der Waals surface area contributed by atoms with Crippen LogP contribution in [0.3, 0.4) is 0 Å². The number of carbonyl (C=O) groups is 1. The molecule has 4 aromatic rings. The predicted octanol–water partition coefficient (Wildman–Crippen LogP) is 4.18. The highest BCUT2D eigenvalue weighted by atomic mass is 16.5. The minimum atomic E-state index is -0.347. The van der Waals surface area contributed by atoms with Crippen molar-refractivity contribution < 1.29 is 18.7 Å². The first-order chi connectivity index (χ1) is 13.7. The van der Waals surface area contributed by atoms with Gasteiger partial charge in [0.2, 0.25) is 5.89 Å². The van der Waals surface area contributed by atoms with E-state index >= 15 is 0 Å². The summed E-state index contributed by atoms with van der Waals surface area (Å²) >= 11 is 0. The first-order valence-electron chi connectivity index (χ1n) is 8.82. The molecule has 6 heteroatoms. The predicted molar refractivity (Wildman–Crippen MR) is 104 cm³/mol. The number of benzene rings is 3. The maximum absolute atomic E-state index is 12.3. The number of carbonyl (C=O) groups excluding carboxylic acids is 1. The minimum Gasteiger partial charge on any atom is -0.497 e. The Bertz CT molecular complexity index is 1100. The van der Waals surface area contributed by atoms with Crippen molar-refractivity contribution in [2.24, 2.45) is 0 Å². The van der Waals surface area contributed by atoms with Crippen molar-refractivity contribution in [2.75, 3.05) is 7.11 Å². The van der Waals surface area contributed by atoms with Crippen molar-refractivity contribution in [3.05, 3.63) is 78.2 Å². The molecule has 28 heavy (non-hydrogen) atoms. The van der Waals surface area contributed by atoms with E-state index in [1.165, 1.54) is 0 Å². The molecule has 0 bridgehead atoms. The first kappa shape index (κ1) is 17.7. The molecule has 1 aromatic heterocycles. The molecule has 140 valence electrons. The highest BCUT2D eigenvalue weighted by Gasteiger charge is 2.12. The van der Waals surface area contributed by atoms with Crippen LogP contribution in [0.2, 0.25) is 0 Å². The van der Waals surface area contributed by atoms with Gasteiger partial charge in [0.1, 0.15) is 5.75 Å². The normalized spacial score (nSPS) is 10.8. The van der Waals surface area contributed by atoms with Gasteiger partial charge in [-0.05, 0) is 40.6 Å². The van der Waals surface area contributed by atoms with Crippen molar-refractivity contribution >= 4 is 16.7 Å². The summed E-state index contributed by atoms with van der Waals surface area (Å²) < 4.78 is 16.0. The largest absolute Gasteiger partial charge is 0.497 e. The van der Waals surface area contributed by atoms with Gasteiger partial charge < -0.3 is 13.9 Å². The summed E-state index contributed by atoms with van der Waals surface area (Å²) in [6.45, 7) is -0.0627. The average molecular weight is 374 g/mol. The molecule has 0 amide bonds. The second kappa shape index (κ2) is 7.92. The van der Waals surface area contributed by atoms with E-state index in [1.807, 2.05) is 66.7 Å². The zero-order chi connectivity index (χ0) is 19.3. The zero-order valence-corrected chi connectivity index (χ0v) is 15.3. The second-order valence-electron chi connectivity index (χ2n) is 6.21. The molecule has 0 aliphatic heterocycles. The minimum absolute atomic E-state index is 0.0627. The van der Waals surface area contributed by atoms with E-state index in [-0.39, 0.29) is 24.9 Å². The van der Waals surface area contributed by atoms with E-state index in [0.717, 1.165) is 27.6 Å². The Hall–Kier alpha value is -3.67. The van der Waals surface area contributed by atoms with Crippen LogP contribution in [0, 0.1) is 0 Å². The number of nitrogens with zero attached hydrogens (tertiary/aromatic N) is 2. The second-order valence-corrected chi connectivity index (χ2v) is 6.21. The number of fused-ring (bicyclic) bond motifs is 1. The van der Waals surface area contributed by atoms with Crippen LogP contribution < -0.4 is 4.74 Å². The quantitative estimate of drug-likeness (QED) is 0.471. The number of esters is 1. The fraction of sp³-hybridized carbons (Fsp3) is 0.136. The average Bonchev–Trinajstić information content (AvgIpc) is 3.22. The third-order valence-corrected chi connectivity index (χ3v) is 4.38. The smallest absolute Gasteiger partial charge is 0.310 e. The highest BCUT2D eigenvalue weighted by molar-refractivity contribution is 5.88.